The van der Waals surface area contributed by atoms with Gasteiger partial charge < -0.3 is 10.1 Å². The number of rotatable bonds is 6. The third kappa shape index (κ3) is 5.94. The van der Waals surface area contributed by atoms with E-state index in [-0.39, 0.29) is 0 Å². The van der Waals surface area contributed by atoms with Gasteiger partial charge in [-0.1, -0.05) is 6.07 Å². The topological polar surface area (TPSA) is 105 Å². The minimum atomic E-state index is -4.70. The lowest BCUT2D eigenvalue weighted by Crippen LogP contribution is -2.33. The highest BCUT2D eigenvalue weighted by atomic mass is 32.2. The van der Waals surface area contributed by atoms with E-state index >= 15 is 0 Å². The van der Waals surface area contributed by atoms with Gasteiger partial charge in [-0.15, -0.1) is 0 Å². The summed E-state index contributed by atoms with van der Waals surface area (Å²) < 4.78 is 69.1. The Bertz CT molecular complexity index is 1020. The first kappa shape index (κ1) is 23.2. The maximum atomic E-state index is 12.7. The lowest BCUT2D eigenvalue weighted by Gasteiger charge is -2.16. The number of carbonyl (C=O) groups is 2. The van der Waals surface area contributed by atoms with Crippen LogP contribution in [0.1, 0.15) is 5.56 Å². The molecule has 2 amide bonds. The minimum absolute atomic E-state index is 0.320. The van der Waals surface area contributed by atoms with E-state index in [4.69, 9.17) is 0 Å². The molecule has 0 bridgehead atoms. The molecule has 12 heteroatoms. The average Bonchev–Trinajstić information content (AvgIpc) is 2.71. The fourth-order valence-corrected chi connectivity index (χ4v) is 3.33. The number of carbonyl (C=O) groups excluding carboxylic acids is 2. The number of ether oxygens (including phenoxy) is 1. The second-order valence-electron chi connectivity index (χ2n) is 5.97. The Morgan fingerprint density at radius 1 is 1.10 bits per heavy atom. The van der Waals surface area contributed by atoms with E-state index in [1.54, 1.807) is 0 Å². The summed E-state index contributed by atoms with van der Waals surface area (Å²) >= 11 is 0. The highest BCUT2D eigenvalue weighted by Crippen LogP contribution is 2.30. The van der Waals surface area contributed by atoms with Crippen molar-refractivity contribution in [3.05, 3.63) is 54.1 Å². The lowest BCUT2D eigenvalue weighted by atomic mass is 10.2. The van der Waals surface area contributed by atoms with Crippen LogP contribution in [0.4, 0.5) is 29.3 Å². The molecule has 2 aromatic rings. The number of benzene rings is 2. The minimum Gasteiger partial charge on any atom is -0.452 e. The molecule has 30 heavy (non-hydrogen) atoms. The second kappa shape index (κ2) is 9.13. The number of hydrogen-bond donors (Lipinski definition) is 2. The van der Waals surface area contributed by atoms with Crippen LogP contribution in [-0.2, 0) is 25.7 Å². The Kier molecular flexibility index (Phi) is 7.05. The summed E-state index contributed by atoms with van der Waals surface area (Å²) in [5.41, 5.74) is -0.308. The van der Waals surface area contributed by atoms with Gasteiger partial charge in [0.2, 0.25) is 15.9 Å². The SMILES string of the molecule is COC(=O)N(C)c1ccc(NC(=O)CNS(=O)(=O)c2cccc(C(F)(F)F)c2)cc1. The van der Waals surface area contributed by atoms with Crippen LogP contribution in [0.5, 0.6) is 0 Å². The second-order valence-corrected chi connectivity index (χ2v) is 7.74. The van der Waals surface area contributed by atoms with E-state index in [0.29, 0.717) is 17.4 Å². The molecule has 2 N–H and O–H groups in total. The molecule has 0 heterocycles. The summed E-state index contributed by atoms with van der Waals surface area (Å²) in [6.45, 7) is -0.692. The third-order valence-corrected chi connectivity index (χ3v) is 5.28. The van der Waals surface area contributed by atoms with Crippen LogP contribution in [-0.4, -0.2) is 41.1 Å². The number of nitrogens with zero attached hydrogens (tertiary/aromatic N) is 1. The summed E-state index contributed by atoms with van der Waals surface area (Å²) in [5.74, 6) is -0.736. The molecule has 0 aliphatic heterocycles. The van der Waals surface area contributed by atoms with Crippen molar-refractivity contribution in [3.63, 3.8) is 0 Å². The number of anilines is 2. The summed E-state index contributed by atoms with van der Waals surface area (Å²) in [7, 11) is -1.61. The molecule has 0 aromatic heterocycles. The highest BCUT2D eigenvalue weighted by molar-refractivity contribution is 7.89. The molecule has 162 valence electrons. The van der Waals surface area contributed by atoms with E-state index < -0.39 is 45.2 Å². The molecule has 0 spiro atoms. The van der Waals surface area contributed by atoms with E-state index in [1.165, 1.54) is 43.3 Å². The van der Waals surface area contributed by atoms with Gasteiger partial charge in [0.05, 0.1) is 24.1 Å². The summed E-state index contributed by atoms with van der Waals surface area (Å²) in [6.07, 6.45) is -5.28. The number of sulfonamides is 1. The zero-order chi connectivity index (χ0) is 22.5. The number of halogens is 3. The van der Waals surface area contributed by atoms with E-state index in [0.717, 1.165) is 18.2 Å². The average molecular weight is 445 g/mol. The molecule has 0 fully saturated rings. The molecule has 0 atom stereocenters. The molecule has 0 aliphatic rings. The fraction of sp³-hybridized carbons (Fsp3) is 0.222. The van der Waals surface area contributed by atoms with Gasteiger partial charge in [-0.25, -0.2) is 17.9 Å². The molecular formula is C18H18F3N3O5S. The smallest absolute Gasteiger partial charge is 0.416 e. The first-order valence-corrected chi connectivity index (χ1v) is 9.81. The normalized spacial score (nSPS) is 11.6. The van der Waals surface area contributed by atoms with Crippen LogP contribution in [0, 0.1) is 0 Å². The van der Waals surface area contributed by atoms with Crippen molar-refractivity contribution >= 4 is 33.4 Å². The van der Waals surface area contributed by atoms with Crippen LogP contribution in [0.25, 0.3) is 0 Å². The van der Waals surface area contributed by atoms with Gasteiger partial charge in [0.15, 0.2) is 0 Å². The first-order chi connectivity index (χ1) is 13.9. The van der Waals surface area contributed by atoms with Gasteiger partial charge in [0.1, 0.15) is 0 Å². The Hall–Kier alpha value is -3.12. The van der Waals surface area contributed by atoms with Crippen molar-refractivity contribution < 1.29 is 35.9 Å². The predicted molar refractivity (Wildman–Crippen MR) is 103 cm³/mol. The quantitative estimate of drug-likeness (QED) is 0.712. The zero-order valence-corrected chi connectivity index (χ0v) is 16.7. The molecule has 0 radical (unpaired) electrons. The summed E-state index contributed by atoms with van der Waals surface area (Å²) in [4.78, 5) is 24.1. The molecule has 8 nitrogen and oxygen atoms in total. The monoisotopic (exact) mass is 445 g/mol. The summed E-state index contributed by atoms with van der Waals surface area (Å²) in [5, 5.41) is 2.43. The number of amides is 2. The number of nitrogens with one attached hydrogen (secondary N) is 2. The van der Waals surface area contributed by atoms with Crippen LogP contribution in [0.2, 0.25) is 0 Å². The fourth-order valence-electron chi connectivity index (χ4n) is 2.30. The Labute approximate surface area is 170 Å². The zero-order valence-electron chi connectivity index (χ0n) is 15.9. The van der Waals surface area contributed by atoms with Crippen LogP contribution in [0.15, 0.2) is 53.4 Å². The van der Waals surface area contributed by atoms with Crippen molar-refractivity contribution in [2.75, 3.05) is 30.9 Å². The molecule has 0 saturated carbocycles. The molecule has 2 aromatic carbocycles. The van der Waals surface area contributed by atoms with Gasteiger partial charge in [0.25, 0.3) is 0 Å². The van der Waals surface area contributed by atoms with Gasteiger partial charge in [-0.05, 0) is 42.5 Å². The van der Waals surface area contributed by atoms with Crippen molar-refractivity contribution in [2.45, 2.75) is 11.1 Å². The predicted octanol–water partition coefficient (Wildman–Crippen LogP) is 2.83. The molecule has 0 saturated heterocycles. The van der Waals surface area contributed by atoms with Gasteiger partial charge in [-0.2, -0.15) is 13.2 Å². The van der Waals surface area contributed by atoms with Gasteiger partial charge >= 0.3 is 12.3 Å². The summed E-state index contributed by atoms with van der Waals surface area (Å²) in [6, 6.07) is 9.20. The molecule has 0 unspecified atom stereocenters. The van der Waals surface area contributed by atoms with Crippen LogP contribution in [0.3, 0.4) is 0 Å². The first-order valence-electron chi connectivity index (χ1n) is 8.32. The molecular weight excluding hydrogens is 427 g/mol. The van der Waals surface area contributed by atoms with Gasteiger partial charge in [0, 0.05) is 18.4 Å². The maximum Gasteiger partial charge on any atom is 0.416 e. The Balaban J connectivity index is 1.99. The molecule has 0 aliphatic carbocycles. The van der Waals surface area contributed by atoms with Crippen molar-refractivity contribution in [2.24, 2.45) is 0 Å². The Morgan fingerprint density at radius 2 is 1.73 bits per heavy atom. The van der Waals surface area contributed by atoms with Crippen LogP contribution < -0.4 is 14.9 Å². The molecule has 2 rings (SSSR count). The standard InChI is InChI=1S/C18H18F3N3O5S/c1-24(17(26)29-2)14-8-6-13(7-9-14)23-16(25)11-22-30(27,28)15-5-3-4-12(10-15)18(19,20)21/h3-10,22H,11H2,1-2H3,(H,23,25). The van der Waals surface area contributed by atoms with Crippen LogP contribution >= 0.6 is 0 Å². The third-order valence-electron chi connectivity index (χ3n) is 3.88. The van der Waals surface area contributed by atoms with Gasteiger partial charge in [-0.3, -0.25) is 9.69 Å². The largest absolute Gasteiger partial charge is 0.452 e. The van der Waals surface area contributed by atoms with Crippen molar-refractivity contribution in [3.8, 4) is 0 Å². The Morgan fingerprint density at radius 3 is 2.30 bits per heavy atom. The van der Waals surface area contributed by atoms with E-state index in [1.807, 2.05) is 4.72 Å². The van der Waals surface area contributed by atoms with E-state index in [9.17, 15) is 31.2 Å². The number of alkyl halides is 3. The van der Waals surface area contributed by atoms with Crippen molar-refractivity contribution in [1.29, 1.82) is 0 Å². The number of hydrogen-bond acceptors (Lipinski definition) is 5. The maximum absolute atomic E-state index is 12.7. The van der Waals surface area contributed by atoms with E-state index in [2.05, 4.69) is 10.1 Å². The highest BCUT2D eigenvalue weighted by Gasteiger charge is 2.31. The lowest BCUT2D eigenvalue weighted by molar-refractivity contribution is -0.137. The number of methoxy groups -OCH3 is 1. The van der Waals surface area contributed by atoms with Crippen molar-refractivity contribution in [1.82, 2.24) is 4.72 Å².